The topological polar surface area (TPSA) is 28.4 Å². The van der Waals surface area contributed by atoms with Crippen molar-refractivity contribution in [1.29, 1.82) is 0 Å². The van der Waals surface area contributed by atoms with Crippen LogP contribution in [0.3, 0.4) is 0 Å². The lowest BCUT2D eigenvalue weighted by Gasteiger charge is -2.33. The zero-order valence-electron chi connectivity index (χ0n) is 12.4. The number of hydrogen-bond donors (Lipinski definition) is 1. The second kappa shape index (κ2) is 5.29. The van der Waals surface area contributed by atoms with Gasteiger partial charge < -0.3 is 9.73 Å². The summed E-state index contributed by atoms with van der Waals surface area (Å²) in [5.74, 6) is 2.09. The SMILES string of the molecule is Cc1cc(C(C)NC2CCN3CCCCC23)c(C)o1. The highest BCUT2D eigenvalue weighted by molar-refractivity contribution is 5.23. The Morgan fingerprint density at radius 1 is 1.26 bits per heavy atom. The molecular weight excluding hydrogens is 236 g/mol. The molecule has 3 rings (SSSR count). The van der Waals surface area contributed by atoms with Gasteiger partial charge in [-0.05, 0) is 52.6 Å². The Balaban J connectivity index is 1.66. The van der Waals surface area contributed by atoms with E-state index in [9.17, 15) is 0 Å². The third-order valence-electron chi connectivity index (χ3n) is 4.87. The van der Waals surface area contributed by atoms with Crippen LogP contribution >= 0.6 is 0 Å². The lowest BCUT2D eigenvalue weighted by atomic mass is 9.97. The molecule has 0 aliphatic carbocycles. The minimum atomic E-state index is 0.393. The molecule has 2 saturated heterocycles. The van der Waals surface area contributed by atoms with Crippen LogP contribution in [-0.4, -0.2) is 30.1 Å². The predicted octanol–water partition coefficient (Wildman–Crippen LogP) is 3.17. The van der Waals surface area contributed by atoms with Gasteiger partial charge in [-0.1, -0.05) is 6.42 Å². The van der Waals surface area contributed by atoms with Gasteiger partial charge in [-0.15, -0.1) is 0 Å². The Morgan fingerprint density at radius 2 is 2.11 bits per heavy atom. The van der Waals surface area contributed by atoms with Gasteiger partial charge in [0.15, 0.2) is 0 Å². The summed E-state index contributed by atoms with van der Waals surface area (Å²) in [6.45, 7) is 8.95. The summed E-state index contributed by atoms with van der Waals surface area (Å²) in [4.78, 5) is 2.68. The van der Waals surface area contributed by atoms with Gasteiger partial charge in [0.2, 0.25) is 0 Å². The van der Waals surface area contributed by atoms with E-state index in [-0.39, 0.29) is 0 Å². The van der Waals surface area contributed by atoms with E-state index in [4.69, 9.17) is 4.42 Å². The maximum Gasteiger partial charge on any atom is 0.105 e. The maximum atomic E-state index is 5.66. The monoisotopic (exact) mass is 262 g/mol. The molecule has 3 atom stereocenters. The van der Waals surface area contributed by atoms with Crippen molar-refractivity contribution in [2.75, 3.05) is 13.1 Å². The van der Waals surface area contributed by atoms with Crippen LogP contribution in [0.15, 0.2) is 10.5 Å². The Labute approximate surface area is 116 Å². The van der Waals surface area contributed by atoms with E-state index in [1.54, 1.807) is 0 Å². The molecular formula is C16H26N2O. The van der Waals surface area contributed by atoms with Crippen molar-refractivity contribution in [2.24, 2.45) is 0 Å². The summed E-state index contributed by atoms with van der Waals surface area (Å²) in [6, 6.07) is 4.00. The average molecular weight is 262 g/mol. The smallest absolute Gasteiger partial charge is 0.105 e. The van der Waals surface area contributed by atoms with Crippen LogP contribution in [0.2, 0.25) is 0 Å². The highest BCUT2D eigenvalue weighted by atomic mass is 16.3. The number of nitrogens with one attached hydrogen (secondary N) is 1. The van der Waals surface area contributed by atoms with E-state index in [1.807, 2.05) is 6.92 Å². The third-order valence-corrected chi connectivity index (χ3v) is 4.87. The number of fused-ring (bicyclic) bond motifs is 1. The van der Waals surface area contributed by atoms with Crippen LogP contribution in [0.1, 0.15) is 55.7 Å². The minimum Gasteiger partial charge on any atom is -0.466 e. The predicted molar refractivity (Wildman–Crippen MR) is 77.3 cm³/mol. The Hall–Kier alpha value is -0.800. The molecule has 2 fully saturated rings. The first-order valence-electron chi connectivity index (χ1n) is 7.72. The Kier molecular flexibility index (Phi) is 3.68. The van der Waals surface area contributed by atoms with E-state index in [0.29, 0.717) is 12.1 Å². The van der Waals surface area contributed by atoms with E-state index in [1.165, 1.54) is 44.3 Å². The fourth-order valence-corrected chi connectivity index (χ4v) is 3.93. The maximum absolute atomic E-state index is 5.66. The number of nitrogens with zero attached hydrogens (tertiary/aromatic N) is 1. The summed E-state index contributed by atoms with van der Waals surface area (Å²) < 4.78 is 5.66. The molecule has 3 unspecified atom stereocenters. The van der Waals surface area contributed by atoms with Gasteiger partial charge in [0.1, 0.15) is 11.5 Å². The van der Waals surface area contributed by atoms with Gasteiger partial charge in [-0.3, -0.25) is 4.90 Å². The van der Waals surface area contributed by atoms with Crippen molar-refractivity contribution < 1.29 is 4.42 Å². The van der Waals surface area contributed by atoms with Crippen molar-refractivity contribution in [2.45, 2.75) is 64.6 Å². The fraction of sp³-hybridized carbons (Fsp3) is 0.750. The van der Waals surface area contributed by atoms with Crippen molar-refractivity contribution in [3.8, 4) is 0 Å². The highest BCUT2D eigenvalue weighted by Gasteiger charge is 2.36. The van der Waals surface area contributed by atoms with Gasteiger partial charge in [0, 0.05) is 30.2 Å². The molecule has 1 aromatic rings. The van der Waals surface area contributed by atoms with E-state index < -0.39 is 0 Å². The first kappa shape index (κ1) is 13.2. The van der Waals surface area contributed by atoms with Crippen LogP contribution < -0.4 is 5.32 Å². The molecule has 1 N–H and O–H groups in total. The molecule has 2 aliphatic heterocycles. The van der Waals surface area contributed by atoms with Crippen LogP contribution in [0.4, 0.5) is 0 Å². The van der Waals surface area contributed by atoms with Crippen molar-refractivity contribution in [1.82, 2.24) is 10.2 Å². The summed E-state index contributed by atoms with van der Waals surface area (Å²) in [7, 11) is 0. The standard InChI is InChI=1S/C16H26N2O/c1-11-10-14(13(3)19-11)12(2)17-15-7-9-18-8-5-4-6-16(15)18/h10,12,15-17H,4-9H2,1-3H3. The molecule has 2 aliphatic rings. The fourth-order valence-electron chi connectivity index (χ4n) is 3.93. The lowest BCUT2D eigenvalue weighted by Crippen LogP contribution is -2.45. The molecule has 0 spiro atoms. The second-order valence-electron chi connectivity index (χ2n) is 6.25. The van der Waals surface area contributed by atoms with Gasteiger partial charge in [-0.25, -0.2) is 0 Å². The molecule has 0 radical (unpaired) electrons. The average Bonchev–Trinajstić information content (AvgIpc) is 2.94. The summed E-state index contributed by atoms with van der Waals surface area (Å²) in [5, 5.41) is 3.85. The number of hydrogen-bond acceptors (Lipinski definition) is 3. The van der Waals surface area contributed by atoms with Crippen molar-refractivity contribution in [3.63, 3.8) is 0 Å². The minimum absolute atomic E-state index is 0.393. The molecule has 3 heterocycles. The lowest BCUT2D eigenvalue weighted by molar-refractivity contribution is 0.177. The van der Waals surface area contributed by atoms with Crippen LogP contribution in [0.25, 0.3) is 0 Å². The third kappa shape index (κ3) is 2.59. The molecule has 19 heavy (non-hydrogen) atoms. The molecule has 0 aromatic carbocycles. The van der Waals surface area contributed by atoms with Gasteiger partial charge >= 0.3 is 0 Å². The van der Waals surface area contributed by atoms with E-state index in [2.05, 4.69) is 30.1 Å². The first-order valence-corrected chi connectivity index (χ1v) is 7.72. The summed E-state index contributed by atoms with van der Waals surface area (Å²) in [6.07, 6.45) is 5.45. The zero-order valence-corrected chi connectivity index (χ0v) is 12.4. The molecule has 3 nitrogen and oxygen atoms in total. The van der Waals surface area contributed by atoms with Gasteiger partial charge in [0.05, 0.1) is 0 Å². The van der Waals surface area contributed by atoms with E-state index in [0.717, 1.165) is 17.6 Å². The molecule has 0 saturated carbocycles. The molecule has 3 heteroatoms. The molecule has 0 amide bonds. The van der Waals surface area contributed by atoms with E-state index >= 15 is 0 Å². The van der Waals surface area contributed by atoms with Crippen molar-refractivity contribution >= 4 is 0 Å². The molecule has 106 valence electrons. The van der Waals surface area contributed by atoms with Crippen LogP contribution in [-0.2, 0) is 0 Å². The summed E-state index contributed by atoms with van der Waals surface area (Å²) >= 11 is 0. The molecule has 0 bridgehead atoms. The second-order valence-corrected chi connectivity index (χ2v) is 6.25. The highest BCUT2D eigenvalue weighted by Crippen LogP contribution is 2.30. The Bertz CT molecular complexity index is 440. The van der Waals surface area contributed by atoms with Gasteiger partial charge in [-0.2, -0.15) is 0 Å². The number of rotatable bonds is 3. The first-order chi connectivity index (χ1) is 9.15. The number of piperidine rings is 1. The van der Waals surface area contributed by atoms with Crippen LogP contribution in [0, 0.1) is 13.8 Å². The zero-order chi connectivity index (χ0) is 13.4. The number of furan rings is 1. The normalized spacial score (nSPS) is 29.4. The number of aryl methyl sites for hydroxylation is 2. The molecule has 1 aromatic heterocycles. The quantitative estimate of drug-likeness (QED) is 0.907. The van der Waals surface area contributed by atoms with Crippen molar-refractivity contribution in [3.05, 3.63) is 23.2 Å². The van der Waals surface area contributed by atoms with Gasteiger partial charge in [0.25, 0.3) is 0 Å². The largest absolute Gasteiger partial charge is 0.466 e. The summed E-state index contributed by atoms with van der Waals surface area (Å²) in [5.41, 5.74) is 1.33. The van der Waals surface area contributed by atoms with Crippen LogP contribution in [0.5, 0.6) is 0 Å². The Morgan fingerprint density at radius 3 is 2.84 bits per heavy atom.